The summed E-state index contributed by atoms with van der Waals surface area (Å²) in [6.45, 7) is 3.94. The number of rotatable bonds is 3. The molecule has 4 N–H and O–H groups in total. The lowest BCUT2D eigenvalue weighted by Gasteiger charge is -2.14. The summed E-state index contributed by atoms with van der Waals surface area (Å²) in [5.74, 6) is 0.0422. The average Bonchev–Trinajstić information content (AvgIpc) is 3.27. The van der Waals surface area contributed by atoms with E-state index in [1.54, 1.807) is 6.07 Å². The molecule has 1 aromatic heterocycles. The van der Waals surface area contributed by atoms with Gasteiger partial charge >= 0.3 is 0 Å². The van der Waals surface area contributed by atoms with Gasteiger partial charge in [0.25, 0.3) is 5.56 Å². The maximum atomic E-state index is 12.8. The standard InChI is InChI=1S/C24H22N2O3/c1-12(2)17-10-18(20(28)11-19(17)27)23-22(24(29)26-25-23)16-9-8-14-7-6-13-4-3-5-15(16)21(13)14/h3-5,8-12,27-28H,6-7H2,1-2H3,(H2,25,26,29). The molecular formula is C24H22N2O3. The summed E-state index contributed by atoms with van der Waals surface area (Å²) in [6, 6.07) is 13.4. The van der Waals surface area contributed by atoms with E-state index in [1.807, 2.05) is 26.0 Å². The normalized spacial score (nSPS) is 12.9. The Bertz CT molecular complexity index is 1320. The van der Waals surface area contributed by atoms with E-state index >= 15 is 0 Å². The van der Waals surface area contributed by atoms with Gasteiger partial charge in [-0.25, -0.2) is 0 Å². The molecule has 0 atom stereocenters. The number of hydrogen-bond acceptors (Lipinski definition) is 3. The van der Waals surface area contributed by atoms with Crippen LogP contribution in [0, 0.1) is 0 Å². The molecule has 0 aliphatic heterocycles. The van der Waals surface area contributed by atoms with E-state index in [0.717, 1.165) is 23.8 Å². The molecule has 5 heteroatoms. The van der Waals surface area contributed by atoms with E-state index in [1.165, 1.54) is 22.6 Å². The summed E-state index contributed by atoms with van der Waals surface area (Å²) in [5.41, 5.74) is 5.43. The Morgan fingerprint density at radius 1 is 0.897 bits per heavy atom. The molecule has 4 aromatic rings. The van der Waals surface area contributed by atoms with Gasteiger partial charge in [-0.05, 0) is 57.9 Å². The largest absolute Gasteiger partial charge is 0.508 e. The first-order valence-electron chi connectivity index (χ1n) is 9.86. The molecule has 5 rings (SSSR count). The Balaban J connectivity index is 1.80. The highest BCUT2D eigenvalue weighted by molar-refractivity contribution is 6.03. The van der Waals surface area contributed by atoms with Crippen LogP contribution in [0.5, 0.6) is 11.5 Å². The first-order valence-corrected chi connectivity index (χ1v) is 9.86. The van der Waals surface area contributed by atoms with Gasteiger partial charge in [0.1, 0.15) is 11.5 Å². The smallest absolute Gasteiger partial charge is 0.272 e. The van der Waals surface area contributed by atoms with Gasteiger partial charge in [0, 0.05) is 11.6 Å². The Morgan fingerprint density at radius 3 is 2.41 bits per heavy atom. The van der Waals surface area contributed by atoms with Crippen molar-refractivity contribution in [1.82, 2.24) is 10.2 Å². The van der Waals surface area contributed by atoms with Crippen LogP contribution < -0.4 is 5.56 Å². The van der Waals surface area contributed by atoms with Gasteiger partial charge in [-0.1, -0.05) is 44.2 Å². The molecule has 0 bridgehead atoms. The molecule has 3 aromatic carbocycles. The number of H-pyrrole nitrogens is 2. The summed E-state index contributed by atoms with van der Waals surface area (Å²) in [7, 11) is 0. The van der Waals surface area contributed by atoms with E-state index in [-0.39, 0.29) is 23.0 Å². The second-order valence-electron chi connectivity index (χ2n) is 8.02. The molecular weight excluding hydrogens is 364 g/mol. The van der Waals surface area contributed by atoms with Crippen molar-refractivity contribution in [2.24, 2.45) is 0 Å². The van der Waals surface area contributed by atoms with Crippen LogP contribution >= 0.6 is 0 Å². The van der Waals surface area contributed by atoms with Crippen molar-refractivity contribution in [1.29, 1.82) is 0 Å². The molecule has 0 spiro atoms. The summed E-state index contributed by atoms with van der Waals surface area (Å²) in [4.78, 5) is 12.8. The van der Waals surface area contributed by atoms with Crippen molar-refractivity contribution in [2.45, 2.75) is 32.6 Å². The lowest BCUT2D eigenvalue weighted by atomic mass is 9.92. The summed E-state index contributed by atoms with van der Waals surface area (Å²) in [5, 5.41) is 28.6. The van der Waals surface area contributed by atoms with E-state index in [2.05, 4.69) is 28.4 Å². The minimum atomic E-state index is -0.239. The zero-order valence-electron chi connectivity index (χ0n) is 16.3. The lowest BCUT2D eigenvalue weighted by molar-refractivity contribution is 0.445. The Kier molecular flexibility index (Phi) is 3.81. The van der Waals surface area contributed by atoms with Crippen molar-refractivity contribution in [3.63, 3.8) is 0 Å². The van der Waals surface area contributed by atoms with Gasteiger partial charge in [-0.3, -0.25) is 15.0 Å². The number of benzene rings is 3. The molecule has 0 radical (unpaired) electrons. The second kappa shape index (κ2) is 6.27. The fourth-order valence-corrected chi connectivity index (χ4v) is 4.54. The van der Waals surface area contributed by atoms with Gasteiger partial charge in [-0.15, -0.1) is 0 Å². The molecule has 5 nitrogen and oxygen atoms in total. The van der Waals surface area contributed by atoms with Gasteiger partial charge in [0.05, 0.1) is 11.3 Å². The summed E-state index contributed by atoms with van der Waals surface area (Å²) in [6.07, 6.45) is 2.03. The molecule has 1 aliphatic rings. The van der Waals surface area contributed by atoms with E-state index in [0.29, 0.717) is 22.4 Å². The van der Waals surface area contributed by atoms with Gasteiger partial charge < -0.3 is 10.2 Å². The Morgan fingerprint density at radius 2 is 1.66 bits per heavy atom. The molecule has 1 aliphatic carbocycles. The fourth-order valence-electron chi connectivity index (χ4n) is 4.54. The lowest BCUT2D eigenvalue weighted by Crippen LogP contribution is -2.02. The number of aryl methyl sites for hydroxylation is 2. The maximum Gasteiger partial charge on any atom is 0.272 e. The van der Waals surface area contributed by atoms with Crippen molar-refractivity contribution < 1.29 is 10.2 Å². The van der Waals surface area contributed by atoms with Crippen LogP contribution in [0.15, 0.2) is 47.3 Å². The Labute approximate surface area is 167 Å². The number of aromatic nitrogens is 2. The summed E-state index contributed by atoms with van der Waals surface area (Å²) < 4.78 is 0. The van der Waals surface area contributed by atoms with Gasteiger partial charge in [0.2, 0.25) is 0 Å². The average molecular weight is 386 g/mol. The number of phenols is 2. The van der Waals surface area contributed by atoms with Crippen LogP contribution in [-0.2, 0) is 12.8 Å². The van der Waals surface area contributed by atoms with Crippen LogP contribution in [-0.4, -0.2) is 20.4 Å². The second-order valence-corrected chi connectivity index (χ2v) is 8.02. The molecule has 0 fully saturated rings. The van der Waals surface area contributed by atoms with Crippen LogP contribution in [0.25, 0.3) is 33.2 Å². The quantitative estimate of drug-likeness (QED) is 0.407. The first-order chi connectivity index (χ1) is 14.0. The van der Waals surface area contributed by atoms with Crippen molar-refractivity contribution in [3.8, 4) is 33.9 Å². The zero-order chi connectivity index (χ0) is 20.3. The molecule has 146 valence electrons. The zero-order valence-corrected chi connectivity index (χ0v) is 16.3. The molecule has 0 saturated carbocycles. The van der Waals surface area contributed by atoms with Crippen molar-refractivity contribution in [3.05, 3.63) is 69.5 Å². The topological polar surface area (TPSA) is 89.1 Å². The highest BCUT2D eigenvalue weighted by Gasteiger charge is 2.23. The van der Waals surface area contributed by atoms with E-state index < -0.39 is 0 Å². The highest BCUT2D eigenvalue weighted by Crippen LogP contribution is 2.42. The monoisotopic (exact) mass is 386 g/mol. The highest BCUT2D eigenvalue weighted by atomic mass is 16.3. The number of aromatic hydroxyl groups is 2. The molecule has 1 heterocycles. The molecule has 0 amide bonds. The predicted octanol–water partition coefficient (Wildman–Crippen LogP) is 4.82. The van der Waals surface area contributed by atoms with Crippen LogP contribution in [0.3, 0.4) is 0 Å². The Hall–Kier alpha value is -3.47. The van der Waals surface area contributed by atoms with Crippen LogP contribution in [0.2, 0.25) is 0 Å². The SMILES string of the molecule is CC(C)c1cc(-c2[nH][nH]c(=O)c2-c2ccc3c4c(cccc24)CC3)c(O)cc1O. The van der Waals surface area contributed by atoms with E-state index in [4.69, 9.17) is 0 Å². The van der Waals surface area contributed by atoms with Crippen molar-refractivity contribution >= 4 is 10.8 Å². The minimum absolute atomic E-state index is 0.0472. The number of nitrogens with one attached hydrogen (secondary N) is 2. The van der Waals surface area contributed by atoms with E-state index in [9.17, 15) is 15.0 Å². The minimum Gasteiger partial charge on any atom is -0.508 e. The van der Waals surface area contributed by atoms with Crippen LogP contribution in [0.4, 0.5) is 0 Å². The van der Waals surface area contributed by atoms with Gasteiger partial charge in [0.15, 0.2) is 0 Å². The molecule has 0 unspecified atom stereocenters. The van der Waals surface area contributed by atoms with Gasteiger partial charge in [-0.2, -0.15) is 0 Å². The number of hydrogen-bond donors (Lipinski definition) is 4. The molecule has 29 heavy (non-hydrogen) atoms. The van der Waals surface area contributed by atoms with Crippen molar-refractivity contribution in [2.75, 3.05) is 0 Å². The number of phenolic OH excluding ortho intramolecular Hbond substituents is 2. The third-order valence-electron chi connectivity index (χ3n) is 5.96. The summed E-state index contributed by atoms with van der Waals surface area (Å²) >= 11 is 0. The van der Waals surface area contributed by atoms with Crippen LogP contribution in [0.1, 0.15) is 36.5 Å². The maximum absolute atomic E-state index is 12.8. The predicted molar refractivity (Wildman–Crippen MR) is 115 cm³/mol. The molecule has 0 saturated heterocycles. The third kappa shape index (κ3) is 2.58. The number of aromatic amines is 2. The fraction of sp³-hybridized carbons (Fsp3) is 0.208. The third-order valence-corrected chi connectivity index (χ3v) is 5.96. The first kappa shape index (κ1) is 17.6.